The lowest BCUT2D eigenvalue weighted by atomic mass is 9.98. The van der Waals surface area contributed by atoms with E-state index >= 15 is 0 Å². The van der Waals surface area contributed by atoms with Crippen LogP contribution in [0, 0.1) is 0 Å². The Morgan fingerprint density at radius 3 is 2.15 bits per heavy atom. The summed E-state index contributed by atoms with van der Waals surface area (Å²) in [6.45, 7) is 4.09. The number of carbonyl (C=O) groups is 3. The largest absolute Gasteiger partial charge is 0.480 e. The Kier molecular flexibility index (Phi) is 8.46. The zero-order valence-electron chi connectivity index (χ0n) is 19.3. The second-order valence-corrected chi connectivity index (χ2v) is 8.37. The van der Waals surface area contributed by atoms with Crippen molar-refractivity contribution in [1.82, 2.24) is 10.2 Å². The van der Waals surface area contributed by atoms with E-state index in [1.54, 1.807) is 0 Å². The summed E-state index contributed by atoms with van der Waals surface area (Å²) in [5.74, 6) is -1.37. The molecular formula is C26H32N2O5. The number of carboxylic acids is 1. The maximum absolute atomic E-state index is 12.6. The van der Waals surface area contributed by atoms with Gasteiger partial charge >= 0.3 is 12.1 Å². The van der Waals surface area contributed by atoms with E-state index in [4.69, 9.17) is 9.84 Å². The van der Waals surface area contributed by atoms with Crippen LogP contribution in [0.5, 0.6) is 0 Å². The monoisotopic (exact) mass is 452 g/mol. The molecule has 2 amide bonds. The van der Waals surface area contributed by atoms with E-state index < -0.39 is 18.1 Å². The number of nitrogens with one attached hydrogen (secondary N) is 1. The molecule has 176 valence electrons. The van der Waals surface area contributed by atoms with Gasteiger partial charge in [-0.1, -0.05) is 68.8 Å². The Balaban J connectivity index is 1.61. The third-order valence-electron chi connectivity index (χ3n) is 5.90. The number of fused-ring (bicyclic) bond motifs is 3. The standard InChI is InChI=1S/C26H32N2O5/c1-3-9-18(15-24(29)28(14-4-2)16-25(30)31)27-26(32)33-17-23-21-12-7-5-10-19(21)20-11-6-8-13-22(20)23/h5-8,10-13,18,23H,3-4,9,14-17H2,1-2H3,(H,27,32)(H,30,31)/t18-/m1/s1. The van der Waals surface area contributed by atoms with Crippen LogP contribution in [-0.4, -0.2) is 53.7 Å². The van der Waals surface area contributed by atoms with Gasteiger partial charge in [0, 0.05) is 24.9 Å². The van der Waals surface area contributed by atoms with Crippen LogP contribution in [0.3, 0.4) is 0 Å². The van der Waals surface area contributed by atoms with Crippen LogP contribution in [0.1, 0.15) is 56.6 Å². The lowest BCUT2D eigenvalue weighted by Gasteiger charge is -2.24. The summed E-state index contributed by atoms with van der Waals surface area (Å²) < 4.78 is 5.60. The number of amides is 2. The second-order valence-electron chi connectivity index (χ2n) is 8.37. The van der Waals surface area contributed by atoms with E-state index in [0.29, 0.717) is 19.4 Å². The molecule has 0 unspecified atom stereocenters. The molecule has 1 aliphatic rings. The minimum atomic E-state index is -1.05. The molecule has 7 nitrogen and oxygen atoms in total. The summed E-state index contributed by atoms with van der Waals surface area (Å²) in [7, 11) is 0. The Hall–Kier alpha value is -3.35. The Labute approximate surface area is 194 Å². The number of ether oxygens (including phenoxy) is 1. The predicted molar refractivity (Wildman–Crippen MR) is 126 cm³/mol. The summed E-state index contributed by atoms with van der Waals surface area (Å²) in [6, 6.07) is 15.8. The van der Waals surface area contributed by atoms with Gasteiger partial charge in [0.1, 0.15) is 13.2 Å². The second kappa shape index (κ2) is 11.5. The first-order valence-corrected chi connectivity index (χ1v) is 11.6. The molecule has 1 atom stereocenters. The molecule has 3 rings (SSSR count). The summed E-state index contributed by atoms with van der Waals surface area (Å²) in [5.41, 5.74) is 4.59. The van der Waals surface area contributed by atoms with Crippen molar-refractivity contribution in [2.24, 2.45) is 0 Å². The van der Waals surface area contributed by atoms with Crippen LogP contribution in [0.25, 0.3) is 11.1 Å². The highest BCUT2D eigenvalue weighted by atomic mass is 16.5. The van der Waals surface area contributed by atoms with Gasteiger partial charge in [-0.3, -0.25) is 9.59 Å². The van der Waals surface area contributed by atoms with Gasteiger partial charge in [-0.25, -0.2) is 4.79 Å². The van der Waals surface area contributed by atoms with Gasteiger partial charge in [0.2, 0.25) is 5.91 Å². The average molecular weight is 453 g/mol. The maximum Gasteiger partial charge on any atom is 0.407 e. The van der Waals surface area contributed by atoms with Gasteiger partial charge in [0.25, 0.3) is 0 Å². The summed E-state index contributed by atoms with van der Waals surface area (Å²) in [4.78, 5) is 37.7. The molecule has 2 aromatic carbocycles. The van der Waals surface area contributed by atoms with Crippen molar-refractivity contribution in [3.63, 3.8) is 0 Å². The molecule has 0 fully saturated rings. The Morgan fingerprint density at radius 2 is 1.61 bits per heavy atom. The molecule has 0 spiro atoms. The van der Waals surface area contributed by atoms with Crippen molar-refractivity contribution in [1.29, 1.82) is 0 Å². The fourth-order valence-electron chi connectivity index (χ4n) is 4.45. The van der Waals surface area contributed by atoms with E-state index in [0.717, 1.165) is 28.7 Å². The van der Waals surface area contributed by atoms with Crippen molar-refractivity contribution in [3.05, 3.63) is 59.7 Å². The predicted octanol–water partition coefficient (Wildman–Crippen LogP) is 4.41. The lowest BCUT2D eigenvalue weighted by Crippen LogP contribution is -2.43. The summed E-state index contributed by atoms with van der Waals surface area (Å²) >= 11 is 0. The zero-order valence-corrected chi connectivity index (χ0v) is 19.3. The highest BCUT2D eigenvalue weighted by molar-refractivity contribution is 5.82. The van der Waals surface area contributed by atoms with E-state index in [1.807, 2.05) is 38.1 Å². The van der Waals surface area contributed by atoms with E-state index in [-0.39, 0.29) is 31.4 Å². The van der Waals surface area contributed by atoms with Crippen LogP contribution in [-0.2, 0) is 14.3 Å². The lowest BCUT2D eigenvalue weighted by molar-refractivity contribution is -0.144. The Bertz CT molecular complexity index is 945. The minimum Gasteiger partial charge on any atom is -0.480 e. The number of alkyl carbamates (subject to hydrolysis) is 1. The number of hydrogen-bond donors (Lipinski definition) is 2. The molecule has 1 aliphatic carbocycles. The zero-order chi connectivity index (χ0) is 23.8. The highest BCUT2D eigenvalue weighted by Gasteiger charge is 2.29. The molecule has 0 bridgehead atoms. The number of aliphatic carboxylic acids is 1. The molecule has 0 aromatic heterocycles. The number of hydrogen-bond acceptors (Lipinski definition) is 4. The van der Waals surface area contributed by atoms with Gasteiger partial charge in [-0.05, 0) is 35.1 Å². The first kappa shape index (κ1) is 24.3. The normalized spacial score (nSPS) is 13.0. The van der Waals surface area contributed by atoms with Crippen molar-refractivity contribution in [2.45, 2.75) is 51.5 Å². The first-order chi connectivity index (χ1) is 15.9. The van der Waals surface area contributed by atoms with Gasteiger partial charge in [-0.2, -0.15) is 0 Å². The molecule has 2 aromatic rings. The van der Waals surface area contributed by atoms with Crippen molar-refractivity contribution in [2.75, 3.05) is 19.7 Å². The molecule has 0 saturated heterocycles. The fourth-order valence-corrected chi connectivity index (χ4v) is 4.45. The summed E-state index contributed by atoms with van der Waals surface area (Å²) in [5, 5.41) is 11.9. The quantitative estimate of drug-likeness (QED) is 0.527. The van der Waals surface area contributed by atoms with Gasteiger partial charge in [-0.15, -0.1) is 0 Å². The molecule has 0 heterocycles. The SMILES string of the molecule is CCC[C@H](CC(=O)N(CCC)CC(=O)O)NC(=O)OCC1c2ccccc2-c2ccccc21. The fraction of sp³-hybridized carbons (Fsp3) is 0.423. The van der Waals surface area contributed by atoms with Gasteiger partial charge in [0.15, 0.2) is 0 Å². The smallest absolute Gasteiger partial charge is 0.407 e. The van der Waals surface area contributed by atoms with E-state index in [2.05, 4.69) is 29.6 Å². The van der Waals surface area contributed by atoms with Crippen LogP contribution >= 0.6 is 0 Å². The van der Waals surface area contributed by atoms with Crippen molar-refractivity contribution in [3.8, 4) is 11.1 Å². The van der Waals surface area contributed by atoms with E-state index in [1.165, 1.54) is 4.90 Å². The van der Waals surface area contributed by atoms with Gasteiger partial charge in [0.05, 0.1) is 0 Å². The van der Waals surface area contributed by atoms with Crippen molar-refractivity contribution >= 4 is 18.0 Å². The van der Waals surface area contributed by atoms with Crippen LogP contribution < -0.4 is 5.32 Å². The van der Waals surface area contributed by atoms with E-state index in [9.17, 15) is 14.4 Å². The summed E-state index contributed by atoms with van der Waals surface area (Å²) in [6.07, 6.45) is 1.52. The maximum atomic E-state index is 12.6. The third kappa shape index (κ3) is 6.12. The Morgan fingerprint density at radius 1 is 1.00 bits per heavy atom. The van der Waals surface area contributed by atoms with Crippen molar-refractivity contribution < 1.29 is 24.2 Å². The number of rotatable bonds is 11. The topological polar surface area (TPSA) is 95.9 Å². The minimum absolute atomic E-state index is 0.0370. The molecule has 7 heteroatoms. The molecule has 0 radical (unpaired) electrons. The van der Waals surface area contributed by atoms with Crippen LogP contribution in [0.2, 0.25) is 0 Å². The number of carbonyl (C=O) groups excluding carboxylic acids is 2. The number of nitrogens with zero attached hydrogens (tertiary/aromatic N) is 1. The highest BCUT2D eigenvalue weighted by Crippen LogP contribution is 2.44. The molecule has 33 heavy (non-hydrogen) atoms. The average Bonchev–Trinajstić information content (AvgIpc) is 3.11. The van der Waals surface area contributed by atoms with Gasteiger partial charge < -0.3 is 20.1 Å². The number of carboxylic acid groups (broad SMARTS) is 1. The first-order valence-electron chi connectivity index (χ1n) is 11.6. The van der Waals surface area contributed by atoms with Crippen LogP contribution in [0.4, 0.5) is 4.79 Å². The van der Waals surface area contributed by atoms with Crippen LogP contribution in [0.15, 0.2) is 48.5 Å². The molecule has 0 aliphatic heterocycles. The molecule has 2 N–H and O–H groups in total. The third-order valence-corrected chi connectivity index (χ3v) is 5.90. The number of benzene rings is 2. The molecule has 0 saturated carbocycles. The molecular weight excluding hydrogens is 420 g/mol.